The minimum atomic E-state index is 0.921. The Morgan fingerprint density at radius 1 is 1.11 bits per heavy atom. The molecule has 0 aromatic carbocycles. The van der Waals surface area contributed by atoms with Crippen molar-refractivity contribution in [1.29, 1.82) is 0 Å². The number of hydrogen-bond donors (Lipinski definition) is 0. The number of aliphatic imine (C=N–C) groups is 1. The third-order valence-electron chi connectivity index (χ3n) is 1.84. The zero-order valence-electron chi connectivity index (χ0n) is 6.15. The maximum Gasteiger partial charge on any atom is 0.0593 e. The molecule has 1 aliphatic rings. The van der Waals surface area contributed by atoms with E-state index in [1.54, 1.807) is 0 Å². The topological polar surface area (TPSA) is 12.4 Å². The summed E-state index contributed by atoms with van der Waals surface area (Å²) in [5.74, 6) is 0. The first-order chi connectivity index (χ1) is 4.13. The van der Waals surface area contributed by atoms with E-state index in [9.17, 15) is 0 Å². The zero-order chi connectivity index (χ0) is 7.02. The summed E-state index contributed by atoms with van der Waals surface area (Å²) < 4.78 is 0. The summed E-state index contributed by atoms with van der Waals surface area (Å²) in [6.07, 6.45) is 0. The highest BCUT2D eigenvalue weighted by Gasteiger charge is 2.10. The second-order valence-electron chi connectivity index (χ2n) is 2.39. The monoisotopic (exact) mass is 121 g/mol. The molecule has 0 atom stereocenters. The van der Waals surface area contributed by atoms with Crippen LogP contribution in [0, 0.1) is 0 Å². The van der Waals surface area contributed by atoms with Crippen molar-refractivity contribution in [3.8, 4) is 0 Å². The van der Waals surface area contributed by atoms with Gasteiger partial charge in [0.1, 0.15) is 0 Å². The Hall–Kier alpha value is -0.850. The van der Waals surface area contributed by atoms with Crippen LogP contribution in [0.3, 0.4) is 0 Å². The molecule has 1 heteroatoms. The van der Waals surface area contributed by atoms with Crippen molar-refractivity contribution in [2.45, 2.75) is 20.8 Å². The van der Waals surface area contributed by atoms with Crippen molar-refractivity contribution >= 4 is 5.71 Å². The Morgan fingerprint density at radius 2 is 1.67 bits per heavy atom. The quantitative estimate of drug-likeness (QED) is 0.466. The zero-order valence-corrected chi connectivity index (χ0v) is 6.15. The van der Waals surface area contributed by atoms with E-state index in [1.165, 1.54) is 11.1 Å². The Kier molecular flexibility index (Phi) is 1.28. The lowest BCUT2D eigenvalue weighted by atomic mass is 10.1. The summed E-state index contributed by atoms with van der Waals surface area (Å²) in [7, 11) is 0. The molecule has 0 radical (unpaired) electrons. The molecule has 0 unspecified atom stereocenters. The number of rotatable bonds is 0. The van der Waals surface area contributed by atoms with Crippen LogP contribution in [-0.4, -0.2) is 5.71 Å². The van der Waals surface area contributed by atoms with Gasteiger partial charge in [-0.1, -0.05) is 6.58 Å². The Bertz CT molecular complexity index is 219. The molecule has 9 heavy (non-hydrogen) atoms. The molecule has 0 saturated heterocycles. The average molecular weight is 121 g/mol. The lowest BCUT2D eigenvalue weighted by Crippen LogP contribution is -1.86. The van der Waals surface area contributed by atoms with Crippen LogP contribution in [-0.2, 0) is 0 Å². The molecule has 48 valence electrons. The summed E-state index contributed by atoms with van der Waals surface area (Å²) in [4.78, 5) is 4.20. The van der Waals surface area contributed by atoms with E-state index < -0.39 is 0 Å². The van der Waals surface area contributed by atoms with Gasteiger partial charge >= 0.3 is 0 Å². The fraction of sp³-hybridized carbons (Fsp3) is 0.375. The van der Waals surface area contributed by atoms with Crippen molar-refractivity contribution in [3.63, 3.8) is 0 Å². The van der Waals surface area contributed by atoms with E-state index >= 15 is 0 Å². The number of allylic oxidation sites excluding steroid dienone is 2. The molecule has 1 rings (SSSR count). The molecule has 0 spiro atoms. The first kappa shape index (κ1) is 6.27. The van der Waals surface area contributed by atoms with E-state index in [0.717, 1.165) is 11.4 Å². The fourth-order valence-corrected chi connectivity index (χ4v) is 0.858. The Balaban J connectivity index is 3.11. The molecule has 0 aromatic rings. The van der Waals surface area contributed by atoms with Gasteiger partial charge < -0.3 is 0 Å². The summed E-state index contributed by atoms with van der Waals surface area (Å²) in [6, 6.07) is 0. The van der Waals surface area contributed by atoms with Crippen molar-refractivity contribution in [2.75, 3.05) is 0 Å². The summed E-state index contributed by atoms with van der Waals surface area (Å²) >= 11 is 0. The van der Waals surface area contributed by atoms with Crippen LogP contribution in [0.4, 0.5) is 0 Å². The van der Waals surface area contributed by atoms with Crippen molar-refractivity contribution < 1.29 is 0 Å². The van der Waals surface area contributed by atoms with Crippen LogP contribution in [0.15, 0.2) is 28.4 Å². The van der Waals surface area contributed by atoms with Gasteiger partial charge in [-0.05, 0) is 31.9 Å². The Labute approximate surface area is 55.8 Å². The van der Waals surface area contributed by atoms with Crippen molar-refractivity contribution in [1.82, 2.24) is 0 Å². The molecule has 0 N–H and O–H groups in total. The molecule has 0 saturated carbocycles. The highest BCUT2D eigenvalue weighted by atomic mass is 14.8. The number of nitrogens with zero attached hydrogens (tertiary/aromatic N) is 1. The minimum absolute atomic E-state index is 0.921. The first-order valence-electron chi connectivity index (χ1n) is 3.05. The van der Waals surface area contributed by atoms with Crippen LogP contribution in [0.25, 0.3) is 0 Å². The van der Waals surface area contributed by atoms with Crippen LogP contribution in [0.5, 0.6) is 0 Å². The Morgan fingerprint density at radius 3 is 1.78 bits per heavy atom. The van der Waals surface area contributed by atoms with Gasteiger partial charge in [0.05, 0.1) is 5.70 Å². The second kappa shape index (κ2) is 1.83. The maximum atomic E-state index is 4.20. The molecule has 0 bridgehead atoms. The van der Waals surface area contributed by atoms with Crippen LogP contribution >= 0.6 is 0 Å². The smallest absolute Gasteiger partial charge is 0.0593 e. The molecule has 0 aliphatic carbocycles. The van der Waals surface area contributed by atoms with E-state index in [2.05, 4.69) is 25.4 Å². The lowest BCUT2D eigenvalue weighted by Gasteiger charge is -1.91. The van der Waals surface area contributed by atoms with Crippen LogP contribution in [0.1, 0.15) is 20.8 Å². The third kappa shape index (κ3) is 0.826. The van der Waals surface area contributed by atoms with Crippen molar-refractivity contribution in [2.24, 2.45) is 4.99 Å². The molecule has 0 amide bonds. The highest BCUT2D eigenvalue weighted by molar-refractivity contribution is 6.02. The fourth-order valence-electron chi connectivity index (χ4n) is 0.858. The highest BCUT2D eigenvalue weighted by Crippen LogP contribution is 2.22. The van der Waals surface area contributed by atoms with Gasteiger partial charge in [0, 0.05) is 5.71 Å². The first-order valence-corrected chi connectivity index (χ1v) is 3.05. The SMILES string of the molecule is C=C1N=C(C)C(C)=C1C. The average Bonchev–Trinajstić information content (AvgIpc) is 1.98. The molecular formula is C8H11N. The van der Waals surface area contributed by atoms with E-state index in [4.69, 9.17) is 0 Å². The maximum absolute atomic E-state index is 4.20. The van der Waals surface area contributed by atoms with Crippen LogP contribution in [0.2, 0.25) is 0 Å². The van der Waals surface area contributed by atoms with Gasteiger partial charge in [-0.2, -0.15) is 0 Å². The predicted octanol–water partition coefficient (Wildman–Crippen LogP) is 2.31. The van der Waals surface area contributed by atoms with Gasteiger partial charge in [-0.25, -0.2) is 0 Å². The van der Waals surface area contributed by atoms with Crippen LogP contribution < -0.4 is 0 Å². The molecule has 0 fully saturated rings. The summed E-state index contributed by atoms with van der Waals surface area (Å²) in [5, 5.41) is 0. The third-order valence-corrected chi connectivity index (χ3v) is 1.84. The molecular weight excluding hydrogens is 110 g/mol. The van der Waals surface area contributed by atoms with Gasteiger partial charge in [0.25, 0.3) is 0 Å². The molecule has 1 nitrogen and oxygen atoms in total. The lowest BCUT2D eigenvalue weighted by molar-refractivity contribution is 1.33. The molecule has 0 aromatic heterocycles. The number of hydrogen-bond acceptors (Lipinski definition) is 1. The summed E-state index contributed by atoms with van der Waals surface area (Å²) in [5.41, 5.74) is 4.54. The van der Waals surface area contributed by atoms with E-state index in [1.807, 2.05) is 6.92 Å². The molecule has 1 heterocycles. The second-order valence-corrected chi connectivity index (χ2v) is 2.39. The summed E-state index contributed by atoms with van der Waals surface area (Å²) in [6.45, 7) is 9.93. The van der Waals surface area contributed by atoms with Crippen molar-refractivity contribution in [3.05, 3.63) is 23.4 Å². The van der Waals surface area contributed by atoms with E-state index in [-0.39, 0.29) is 0 Å². The van der Waals surface area contributed by atoms with E-state index in [0.29, 0.717) is 0 Å². The van der Waals surface area contributed by atoms with Gasteiger partial charge in [0.15, 0.2) is 0 Å². The van der Waals surface area contributed by atoms with Gasteiger partial charge in [0.2, 0.25) is 0 Å². The molecule has 1 aliphatic heterocycles. The standard InChI is InChI=1S/C8H11N/c1-5-6(2)8(4)9-7(5)3/h3H2,1-2,4H3. The largest absolute Gasteiger partial charge is 0.254 e. The van der Waals surface area contributed by atoms with Gasteiger partial charge in [-0.3, -0.25) is 4.99 Å². The predicted molar refractivity (Wildman–Crippen MR) is 40.6 cm³/mol. The minimum Gasteiger partial charge on any atom is -0.254 e. The van der Waals surface area contributed by atoms with Gasteiger partial charge in [-0.15, -0.1) is 0 Å². The normalized spacial score (nSPS) is 19.0.